The molecule has 0 spiro atoms. The van der Waals surface area contributed by atoms with E-state index in [4.69, 9.17) is 5.11 Å². The number of urea groups is 1. The highest BCUT2D eigenvalue weighted by Crippen LogP contribution is 2.33. The summed E-state index contributed by atoms with van der Waals surface area (Å²) in [5.41, 5.74) is -0.537. The van der Waals surface area contributed by atoms with Crippen LogP contribution in [0, 0.1) is 5.92 Å². The van der Waals surface area contributed by atoms with Crippen LogP contribution in [0.4, 0.5) is 4.79 Å². The fraction of sp³-hybridized carbons (Fsp3) is 0.867. The molecule has 0 aromatic carbocycles. The third-order valence-electron chi connectivity index (χ3n) is 4.45. The summed E-state index contributed by atoms with van der Waals surface area (Å²) in [5.74, 6) is 0.0532. The van der Waals surface area contributed by atoms with E-state index in [0.717, 1.165) is 44.4 Å². The van der Waals surface area contributed by atoms with E-state index in [9.17, 15) is 9.59 Å². The molecule has 2 aliphatic carbocycles. The number of hydrogen-bond acceptors (Lipinski definition) is 2. The molecule has 5 nitrogen and oxygen atoms in total. The van der Waals surface area contributed by atoms with Crippen LogP contribution in [-0.4, -0.2) is 29.2 Å². The zero-order chi connectivity index (χ0) is 14.4. The van der Waals surface area contributed by atoms with Gasteiger partial charge in [0.25, 0.3) is 0 Å². The molecule has 0 aromatic rings. The van der Waals surface area contributed by atoms with Crippen molar-refractivity contribution in [2.24, 2.45) is 5.92 Å². The Kier molecular flexibility index (Phi) is 5.26. The first-order valence-electron chi connectivity index (χ1n) is 7.87. The van der Waals surface area contributed by atoms with Gasteiger partial charge in [-0.15, -0.1) is 0 Å². The molecule has 0 aliphatic heterocycles. The number of carboxylic acids is 1. The maximum atomic E-state index is 11.9. The molecule has 2 aliphatic rings. The van der Waals surface area contributed by atoms with Crippen molar-refractivity contribution in [2.45, 2.75) is 69.7 Å². The van der Waals surface area contributed by atoms with Crippen LogP contribution in [0.1, 0.15) is 64.2 Å². The van der Waals surface area contributed by atoms with Crippen molar-refractivity contribution in [1.82, 2.24) is 10.6 Å². The van der Waals surface area contributed by atoms with Crippen molar-refractivity contribution in [2.75, 3.05) is 6.54 Å². The Hall–Kier alpha value is -1.26. The van der Waals surface area contributed by atoms with E-state index in [1.165, 1.54) is 19.3 Å². The highest BCUT2D eigenvalue weighted by atomic mass is 16.4. The van der Waals surface area contributed by atoms with Crippen molar-refractivity contribution >= 4 is 12.0 Å². The molecule has 0 unspecified atom stereocenters. The van der Waals surface area contributed by atoms with Crippen LogP contribution in [0.25, 0.3) is 0 Å². The SMILES string of the molecule is O=C(O)CC1(NC(=O)NCCCC2CC2)CCCCC1. The number of rotatable bonds is 7. The van der Waals surface area contributed by atoms with Gasteiger partial charge >= 0.3 is 12.0 Å². The van der Waals surface area contributed by atoms with Crippen LogP contribution in [0.2, 0.25) is 0 Å². The highest BCUT2D eigenvalue weighted by Gasteiger charge is 2.35. The van der Waals surface area contributed by atoms with Crippen LogP contribution < -0.4 is 10.6 Å². The van der Waals surface area contributed by atoms with Crippen LogP contribution in [0.15, 0.2) is 0 Å². The third-order valence-corrected chi connectivity index (χ3v) is 4.45. The average Bonchev–Trinajstić information content (AvgIpc) is 3.18. The summed E-state index contributed by atoms with van der Waals surface area (Å²) in [5, 5.41) is 14.9. The number of amides is 2. The monoisotopic (exact) mass is 282 g/mol. The molecular formula is C15H26N2O3. The van der Waals surface area contributed by atoms with Crippen molar-refractivity contribution in [1.29, 1.82) is 0 Å². The Bertz CT molecular complexity index is 347. The molecule has 0 bridgehead atoms. The van der Waals surface area contributed by atoms with Gasteiger partial charge in [0, 0.05) is 6.54 Å². The molecule has 2 amide bonds. The maximum Gasteiger partial charge on any atom is 0.315 e. The zero-order valence-corrected chi connectivity index (χ0v) is 12.1. The smallest absolute Gasteiger partial charge is 0.315 e. The Morgan fingerprint density at radius 3 is 2.45 bits per heavy atom. The molecule has 0 saturated heterocycles. The minimum atomic E-state index is -0.832. The number of carboxylic acid groups (broad SMARTS) is 1. The second-order valence-electron chi connectivity index (χ2n) is 6.38. The Morgan fingerprint density at radius 1 is 1.15 bits per heavy atom. The Labute approximate surface area is 120 Å². The third kappa shape index (κ3) is 5.02. The number of carbonyl (C=O) groups is 2. The van der Waals surface area contributed by atoms with Crippen molar-refractivity contribution in [3.8, 4) is 0 Å². The average molecular weight is 282 g/mol. The lowest BCUT2D eigenvalue weighted by molar-refractivity contribution is -0.139. The lowest BCUT2D eigenvalue weighted by Gasteiger charge is -2.36. The number of aliphatic carboxylic acids is 1. The van der Waals surface area contributed by atoms with Gasteiger partial charge in [-0.1, -0.05) is 32.1 Å². The lowest BCUT2D eigenvalue weighted by Crippen LogP contribution is -2.54. The first-order chi connectivity index (χ1) is 9.60. The maximum absolute atomic E-state index is 11.9. The molecule has 2 rings (SSSR count). The first kappa shape index (κ1) is 15.1. The second kappa shape index (κ2) is 6.95. The highest BCUT2D eigenvalue weighted by molar-refractivity contribution is 5.76. The van der Waals surface area contributed by atoms with Gasteiger partial charge in [-0.2, -0.15) is 0 Å². The molecule has 20 heavy (non-hydrogen) atoms. The van der Waals surface area contributed by atoms with Gasteiger partial charge in [0.15, 0.2) is 0 Å². The zero-order valence-electron chi connectivity index (χ0n) is 12.1. The van der Waals surface area contributed by atoms with Crippen molar-refractivity contribution in [3.63, 3.8) is 0 Å². The standard InChI is InChI=1S/C15H26N2O3/c18-13(19)11-15(8-2-1-3-9-15)17-14(20)16-10-4-5-12-6-7-12/h12H,1-11H2,(H,18,19)(H2,16,17,20). The number of hydrogen-bond donors (Lipinski definition) is 3. The molecule has 0 aromatic heterocycles. The summed E-state index contributed by atoms with van der Waals surface area (Å²) >= 11 is 0. The van der Waals surface area contributed by atoms with Gasteiger partial charge in [0.05, 0.1) is 12.0 Å². The summed E-state index contributed by atoms with van der Waals surface area (Å²) in [4.78, 5) is 23.0. The quantitative estimate of drug-likeness (QED) is 0.628. The van der Waals surface area contributed by atoms with E-state index in [2.05, 4.69) is 10.6 Å². The second-order valence-corrected chi connectivity index (χ2v) is 6.38. The largest absolute Gasteiger partial charge is 0.481 e. The molecule has 2 saturated carbocycles. The summed E-state index contributed by atoms with van der Waals surface area (Å²) in [6.07, 6.45) is 9.59. The van der Waals surface area contributed by atoms with Gasteiger partial charge in [0.1, 0.15) is 0 Å². The first-order valence-corrected chi connectivity index (χ1v) is 7.87. The summed E-state index contributed by atoms with van der Waals surface area (Å²) < 4.78 is 0. The van der Waals surface area contributed by atoms with E-state index >= 15 is 0 Å². The lowest BCUT2D eigenvalue weighted by atomic mass is 9.79. The molecule has 2 fully saturated rings. The molecular weight excluding hydrogens is 256 g/mol. The Morgan fingerprint density at radius 2 is 1.85 bits per heavy atom. The topological polar surface area (TPSA) is 78.4 Å². The summed E-state index contributed by atoms with van der Waals surface area (Å²) in [6.45, 7) is 0.686. The van der Waals surface area contributed by atoms with Crippen molar-refractivity contribution in [3.05, 3.63) is 0 Å². The van der Waals surface area contributed by atoms with Gasteiger partial charge in [0.2, 0.25) is 0 Å². The molecule has 0 atom stereocenters. The Balaban J connectivity index is 1.73. The summed E-state index contributed by atoms with van der Waals surface area (Å²) in [7, 11) is 0. The van der Waals surface area contributed by atoms with Gasteiger partial charge < -0.3 is 15.7 Å². The van der Waals surface area contributed by atoms with Crippen molar-refractivity contribution < 1.29 is 14.7 Å². The van der Waals surface area contributed by atoms with Gasteiger partial charge in [-0.3, -0.25) is 4.79 Å². The van der Waals surface area contributed by atoms with Gasteiger partial charge in [-0.25, -0.2) is 4.79 Å². The van der Waals surface area contributed by atoms with Crippen LogP contribution in [-0.2, 0) is 4.79 Å². The van der Waals surface area contributed by atoms with Crippen LogP contribution >= 0.6 is 0 Å². The van der Waals surface area contributed by atoms with Crippen LogP contribution in [0.5, 0.6) is 0 Å². The minimum absolute atomic E-state index is 0.0303. The number of nitrogens with one attached hydrogen (secondary N) is 2. The van der Waals surface area contributed by atoms with E-state index in [1.54, 1.807) is 0 Å². The fourth-order valence-electron chi connectivity index (χ4n) is 3.15. The number of carbonyl (C=O) groups excluding carboxylic acids is 1. The van der Waals surface area contributed by atoms with E-state index in [1.807, 2.05) is 0 Å². The van der Waals surface area contributed by atoms with Crippen LogP contribution in [0.3, 0.4) is 0 Å². The molecule has 5 heteroatoms. The molecule has 0 radical (unpaired) electrons. The normalized spacial score (nSPS) is 21.2. The van der Waals surface area contributed by atoms with Gasteiger partial charge in [-0.05, 0) is 31.6 Å². The molecule has 114 valence electrons. The fourth-order valence-corrected chi connectivity index (χ4v) is 3.15. The van der Waals surface area contributed by atoms with E-state index in [-0.39, 0.29) is 12.5 Å². The molecule has 3 N–H and O–H groups in total. The van der Waals surface area contributed by atoms with E-state index in [0.29, 0.717) is 6.54 Å². The van der Waals surface area contributed by atoms with E-state index < -0.39 is 11.5 Å². The predicted molar refractivity (Wildman–Crippen MR) is 76.6 cm³/mol. The summed E-state index contributed by atoms with van der Waals surface area (Å²) in [6, 6.07) is -0.205. The predicted octanol–water partition coefficient (Wildman–Crippen LogP) is 2.65. The minimum Gasteiger partial charge on any atom is -0.481 e. The molecule has 0 heterocycles.